The monoisotopic (exact) mass is 207 g/mol. The smallest absolute Gasteiger partial charge is 0.0947 e. The maximum atomic E-state index is 5.03. The van der Waals surface area contributed by atoms with E-state index in [-0.39, 0.29) is 0 Å². The normalized spacial score (nSPS) is 26.7. The number of hydrogen-bond acceptors (Lipinski definition) is 2. The van der Waals surface area contributed by atoms with Crippen LogP contribution in [0.3, 0.4) is 0 Å². The molecule has 0 unspecified atom stereocenters. The van der Waals surface area contributed by atoms with Crippen molar-refractivity contribution in [2.45, 2.75) is 39.2 Å². The second-order valence-corrected chi connectivity index (χ2v) is 4.89. The Balaban J connectivity index is 1.62. The molecule has 0 atom stereocenters. The van der Waals surface area contributed by atoms with Crippen molar-refractivity contribution < 1.29 is 4.42 Å². The van der Waals surface area contributed by atoms with Crippen molar-refractivity contribution >= 4 is 0 Å². The molecule has 1 N–H and O–H groups in total. The standard InChI is InChI=1S/C13H21NO/c1-11-2-4-12(5-3-11)8-14-9-13-6-7-15-10-13/h6-7,10-12,14H,2-5,8-9H2,1H3. The molecular formula is C13H21NO. The molecule has 0 amide bonds. The summed E-state index contributed by atoms with van der Waals surface area (Å²) in [5, 5.41) is 3.51. The van der Waals surface area contributed by atoms with Gasteiger partial charge in [-0.2, -0.15) is 0 Å². The summed E-state index contributed by atoms with van der Waals surface area (Å²) >= 11 is 0. The largest absolute Gasteiger partial charge is 0.472 e. The fourth-order valence-corrected chi connectivity index (χ4v) is 2.35. The van der Waals surface area contributed by atoms with E-state index in [1.165, 1.54) is 31.2 Å². The third-order valence-corrected chi connectivity index (χ3v) is 3.48. The van der Waals surface area contributed by atoms with Crippen LogP contribution in [-0.4, -0.2) is 6.54 Å². The molecular weight excluding hydrogens is 186 g/mol. The lowest BCUT2D eigenvalue weighted by atomic mass is 9.83. The van der Waals surface area contributed by atoms with Gasteiger partial charge in [-0.1, -0.05) is 19.8 Å². The van der Waals surface area contributed by atoms with Gasteiger partial charge >= 0.3 is 0 Å². The maximum Gasteiger partial charge on any atom is 0.0947 e. The average Bonchev–Trinajstić information content (AvgIpc) is 2.74. The van der Waals surface area contributed by atoms with Crippen LogP contribution in [0.25, 0.3) is 0 Å². The number of hydrogen-bond donors (Lipinski definition) is 1. The van der Waals surface area contributed by atoms with E-state index < -0.39 is 0 Å². The van der Waals surface area contributed by atoms with Gasteiger partial charge in [0.25, 0.3) is 0 Å². The summed E-state index contributed by atoms with van der Waals surface area (Å²) in [4.78, 5) is 0. The average molecular weight is 207 g/mol. The highest BCUT2D eigenvalue weighted by atomic mass is 16.3. The Labute approximate surface area is 92.1 Å². The van der Waals surface area contributed by atoms with Crippen LogP contribution < -0.4 is 5.32 Å². The van der Waals surface area contributed by atoms with Gasteiger partial charge < -0.3 is 9.73 Å². The van der Waals surface area contributed by atoms with E-state index in [9.17, 15) is 0 Å². The lowest BCUT2D eigenvalue weighted by Crippen LogP contribution is -2.25. The van der Waals surface area contributed by atoms with Gasteiger partial charge in [0, 0.05) is 12.1 Å². The topological polar surface area (TPSA) is 25.2 Å². The highest BCUT2D eigenvalue weighted by Crippen LogP contribution is 2.27. The first-order chi connectivity index (χ1) is 7.34. The molecule has 2 rings (SSSR count). The van der Waals surface area contributed by atoms with E-state index in [2.05, 4.69) is 12.2 Å². The van der Waals surface area contributed by atoms with E-state index in [0.717, 1.165) is 24.9 Å². The molecule has 84 valence electrons. The van der Waals surface area contributed by atoms with Gasteiger partial charge in [0.2, 0.25) is 0 Å². The van der Waals surface area contributed by atoms with E-state index in [4.69, 9.17) is 4.42 Å². The Morgan fingerprint density at radius 1 is 1.33 bits per heavy atom. The van der Waals surface area contributed by atoms with E-state index in [1.54, 1.807) is 6.26 Å². The third-order valence-electron chi connectivity index (χ3n) is 3.48. The second kappa shape index (κ2) is 5.36. The zero-order valence-corrected chi connectivity index (χ0v) is 9.54. The van der Waals surface area contributed by atoms with Crippen molar-refractivity contribution in [3.8, 4) is 0 Å². The van der Waals surface area contributed by atoms with Crippen LogP contribution in [0.5, 0.6) is 0 Å². The highest BCUT2D eigenvalue weighted by molar-refractivity contribution is 5.04. The fraction of sp³-hybridized carbons (Fsp3) is 0.692. The fourth-order valence-electron chi connectivity index (χ4n) is 2.35. The number of furan rings is 1. The predicted octanol–water partition coefficient (Wildman–Crippen LogP) is 3.20. The minimum Gasteiger partial charge on any atom is -0.472 e. The predicted molar refractivity (Wildman–Crippen MR) is 61.5 cm³/mol. The molecule has 0 aromatic carbocycles. The third kappa shape index (κ3) is 3.38. The van der Waals surface area contributed by atoms with Crippen LogP contribution in [0.1, 0.15) is 38.2 Å². The molecule has 1 heterocycles. The SMILES string of the molecule is CC1CCC(CNCc2ccoc2)CC1. The molecule has 0 bridgehead atoms. The Hall–Kier alpha value is -0.760. The van der Waals surface area contributed by atoms with Crippen molar-refractivity contribution in [3.63, 3.8) is 0 Å². The van der Waals surface area contributed by atoms with Crippen molar-refractivity contribution in [1.29, 1.82) is 0 Å². The Bertz CT molecular complexity index is 260. The first-order valence-electron chi connectivity index (χ1n) is 6.06. The quantitative estimate of drug-likeness (QED) is 0.820. The molecule has 15 heavy (non-hydrogen) atoms. The minimum atomic E-state index is 0.896. The van der Waals surface area contributed by atoms with Crippen molar-refractivity contribution in [2.75, 3.05) is 6.54 Å². The summed E-state index contributed by atoms with van der Waals surface area (Å²) in [6, 6.07) is 2.02. The van der Waals surface area contributed by atoms with Crippen LogP contribution in [0.2, 0.25) is 0 Å². The molecule has 1 aromatic rings. The summed E-state index contributed by atoms with van der Waals surface area (Å²) in [5.41, 5.74) is 1.25. The number of rotatable bonds is 4. The molecule has 1 saturated carbocycles. The van der Waals surface area contributed by atoms with Gasteiger partial charge in [-0.25, -0.2) is 0 Å². The van der Waals surface area contributed by atoms with Crippen molar-refractivity contribution in [1.82, 2.24) is 5.32 Å². The molecule has 1 fully saturated rings. The molecule has 0 saturated heterocycles. The molecule has 0 radical (unpaired) electrons. The van der Waals surface area contributed by atoms with E-state index >= 15 is 0 Å². The van der Waals surface area contributed by atoms with Gasteiger partial charge in [0.05, 0.1) is 12.5 Å². The molecule has 1 aromatic heterocycles. The van der Waals surface area contributed by atoms with Crippen molar-refractivity contribution in [2.24, 2.45) is 11.8 Å². The summed E-state index contributed by atoms with van der Waals surface area (Å²) in [7, 11) is 0. The lowest BCUT2D eigenvalue weighted by molar-refractivity contribution is 0.281. The van der Waals surface area contributed by atoms with Crippen LogP contribution in [0, 0.1) is 11.8 Å². The molecule has 1 aliphatic carbocycles. The lowest BCUT2D eigenvalue weighted by Gasteiger charge is -2.26. The van der Waals surface area contributed by atoms with Crippen LogP contribution in [0.4, 0.5) is 0 Å². The Kier molecular flexibility index (Phi) is 3.84. The van der Waals surface area contributed by atoms with Crippen molar-refractivity contribution in [3.05, 3.63) is 24.2 Å². The van der Waals surface area contributed by atoms with Gasteiger partial charge in [-0.05, 0) is 37.3 Å². The first-order valence-corrected chi connectivity index (χ1v) is 6.06. The van der Waals surface area contributed by atoms with Crippen LogP contribution in [0.15, 0.2) is 23.0 Å². The molecule has 0 spiro atoms. The molecule has 1 aliphatic rings. The zero-order valence-electron chi connectivity index (χ0n) is 9.54. The summed E-state index contributed by atoms with van der Waals surface area (Å²) in [6.07, 6.45) is 9.18. The second-order valence-electron chi connectivity index (χ2n) is 4.89. The van der Waals surface area contributed by atoms with Gasteiger partial charge in [-0.3, -0.25) is 0 Å². The molecule has 0 aliphatic heterocycles. The molecule has 2 nitrogen and oxygen atoms in total. The van der Waals surface area contributed by atoms with Crippen LogP contribution >= 0.6 is 0 Å². The number of nitrogens with one attached hydrogen (secondary N) is 1. The first kappa shape index (κ1) is 10.7. The zero-order chi connectivity index (χ0) is 10.5. The van der Waals surface area contributed by atoms with E-state index in [1.807, 2.05) is 12.3 Å². The highest BCUT2D eigenvalue weighted by Gasteiger charge is 2.17. The molecule has 2 heteroatoms. The summed E-state index contributed by atoms with van der Waals surface area (Å²) in [6.45, 7) is 4.48. The Morgan fingerprint density at radius 2 is 2.13 bits per heavy atom. The van der Waals surface area contributed by atoms with Gasteiger partial charge in [-0.15, -0.1) is 0 Å². The van der Waals surface area contributed by atoms with Gasteiger partial charge in [0.15, 0.2) is 0 Å². The minimum absolute atomic E-state index is 0.896. The summed E-state index contributed by atoms with van der Waals surface area (Å²) in [5.74, 6) is 1.85. The van der Waals surface area contributed by atoms with Gasteiger partial charge in [0.1, 0.15) is 0 Å². The summed E-state index contributed by atoms with van der Waals surface area (Å²) < 4.78 is 5.03. The Morgan fingerprint density at radius 3 is 2.80 bits per heavy atom. The maximum absolute atomic E-state index is 5.03. The van der Waals surface area contributed by atoms with E-state index in [0.29, 0.717) is 0 Å². The van der Waals surface area contributed by atoms with Crippen LogP contribution in [-0.2, 0) is 6.54 Å².